The normalized spacial score (nSPS) is 11.3. The van der Waals surface area contributed by atoms with Gasteiger partial charge >= 0.3 is 0 Å². The lowest BCUT2D eigenvalue weighted by Gasteiger charge is -2.27. The lowest BCUT2D eigenvalue weighted by atomic mass is 9.77. The van der Waals surface area contributed by atoms with E-state index in [0.29, 0.717) is 11.5 Å². The quantitative estimate of drug-likeness (QED) is 0.736. The summed E-state index contributed by atoms with van der Waals surface area (Å²) in [7, 11) is 0. The zero-order valence-electron chi connectivity index (χ0n) is 16.0. The first kappa shape index (κ1) is 18.4. The summed E-state index contributed by atoms with van der Waals surface area (Å²) in [6.07, 6.45) is 2.14. The minimum atomic E-state index is 0.286. The molecule has 2 nitrogen and oxygen atoms in total. The Morgan fingerprint density at radius 3 is 1.42 bits per heavy atom. The van der Waals surface area contributed by atoms with Crippen LogP contribution >= 0.6 is 0 Å². The number of hydrogen-bond acceptors (Lipinski definition) is 2. The van der Waals surface area contributed by atoms with Crippen LogP contribution in [0.2, 0.25) is 0 Å². The maximum absolute atomic E-state index is 10.1. The van der Waals surface area contributed by atoms with Gasteiger partial charge in [-0.15, -0.1) is 0 Å². The van der Waals surface area contributed by atoms with Gasteiger partial charge in [0.1, 0.15) is 11.5 Å². The number of benzene rings is 2. The molecule has 0 aromatic heterocycles. The van der Waals surface area contributed by atoms with Gasteiger partial charge in [-0.3, -0.25) is 0 Å². The Balaban J connectivity index is 2.79. The minimum absolute atomic E-state index is 0.286. The van der Waals surface area contributed by atoms with E-state index in [2.05, 4.69) is 34.6 Å². The summed E-state index contributed by atoms with van der Waals surface area (Å²) < 4.78 is 0. The van der Waals surface area contributed by atoms with Gasteiger partial charge in [0, 0.05) is 5.92 Å². The first-order chi connectivity index (χ1) is 11.2. The molecule has 0 heterocycles. The molecule has 2 rings (SSSR count). The van der Waals surface area contributed by atoms with Crippen LogP contribution < -0.4 is 0 Å². The molecule has 0 radical (unpaired) electrons. The van der Waals surface area contributed by atoms with Crippen LogP contribution in [0.25, 0.3) is 0 Å². The molecule has 0 aliphatic rings. The molecule has 2 N–H and O–H groups in total. The van der Waals surface area contributed by atoms with Crippen molar-refractivity contribution in [2.24, 2.45) is 0 Å². The van der Waals surface area contributed by atoms with Crippen molar-refractivity contribution in [1.29, 1.82) is 0 Å². The van der Waals surface area contributed by atoms with Crippen molar-refractivity contribution in [3.63, 3.8) is 0 Å². The monoisotopic (exact) mass is 326 g/mol. The predicted octanol–water partition coefficient (Wildman–Crippen LogP) is 5.88. The summed E-state index contributed by atoms with van der Waals surface area (Å²) in [5.74, 6) is 1.03. The molecule has 0 saturated heterocycles. The summed E-state index contributed by atoms with van der Waals surface area (Å²) >= 11 is 0. The van der Waals surface area contributed by atoms with Gasteiger partial charge < -0.3 is 10.2 Å². The van der Waals surface area contributed by atoms with Crippen LogP contribution in [0.1, 0.15) is 70.2 Å². The third-order valence-corrected chi connectivity index (χ3v) is 5.53. The predicted molar refractivity (Wildman–Crippen MR) is 101 cm³/mol. The summed E-state index contributed by atoms with van der Waals surface area (Å²) in [6, 6.07) is 3.77. The van der Waals surface area contributed by atoms with Crippen molar-refractivity contribution >= 4 is 0 Å². The van der Waals surface area contributed by atoms with Crippen molar-refractivity contribution in [1.82, 2.24) is 0 Å². The Kier molecular flexibility index (Phi) is 5.27. The third kappa shape index (κ3) is 3.02. The number of aromatic hydroxyl groups is 2. The number of phenolic OH excluding ortho intramolecular Hbond substituents is 2. The fourth-order valence-electron chi connectivity index (χ4n) is 3.96. The Hall–Kier alpha value is -1.96. The van der Waals surface area contributed by atoms with E-state index in [1.54, 1.807) is 0 Å². The average molecular weight is 326 g/mol. The van der Waals surface area contributed by atoms with E-state index in [1.165, 1.54) is 22.3 Å². The average Bonchev–Trinajstić information content (AvgIpc) is 2.50. The van der Waals surface area contributed by atoms with E-state index < -0.39 is 0 Å². The number of aryl methyl sites for hydroxylation is 2. The Morgan fingerprint density at radius 1 is 0.708 bits per heavy atom. The molecule has 0 aliphatic carbocycles. The molecule has 2 aromatic carbocycles. The van der Waals surface area contributed by atoms with Gasteiger partial charge in [0.2, 0.25) is 0 Å². The summed E-state index contributed by atoms with van der Waals surface area (Å²) in [5.41, 5.74) is 9.19. The largest absolute Gasteiger partial charge is 0.508 e. The van der Waals surface area contributed by atoms with Crippen LogP contribution in [-0.2, 0) is 0 Å². The molecule has 2 heteroatoms. The van der Waals surface area contributed by atoms with E-state index in [-0.39, 0.29) is 5.92 Å². The molecule has 0 atom stereocenters. The highest BCUT2D eigenvalue weighted by molar-refractivity contribution is 5.56. The number of rotatable bonds is 4. The van der Waals surface area contributed by atoms with Crippen LogP contribution in [0.3, 0.4) is 0 Å². The van der Waals surface area contributed by atoms with Crippen LogP contribution in [0.5, 0.6) is 11.5 Å². The fraction of sp³-hybridized carbons (Fsp3) is 0.455. The van der Waals surface area contributed by atoms with E-state index in [1.807, 2.05) is 26.0 Å². The molecule has 0 saturated carbocycles. The summed E-state index contributed by atoms with van der Waals surface area (Å²) in [4.78, 5) is 0. The van der Waals surface area contributed by atoms with E-state index in [9.17, 15) is 10.2 Å². The van der Waals surface area contributed by atoms with Crippen molar-refractivity contribution in [2.75, 3.05) is 0 Å². The molecule has 0 fully saturated rings. The van der Waals surface area contributed by atoms with Gasteiger partial charge in [-0.25, -0.2) is 0 Å². The lowest BCUT2D eigenvalue weighted by Crippen LogP contribution is -2.11. The van der Waals surface area contributed by atoms with Crippen molar-refractivity contribution < 1.29 is 10.2 Å². The molecule has 0 amide bonds. The highest BCUT2D eigenvalue weighted by Crippen LogP contribution is 2.41. The zero-order chi connectivity index (χ0) is 18.2. The molecule has 0 unspecified atom stereocenters. The van der Waals surface area contributed by atoms with Crippen LogP contribution in [0.15, 0.2) is 12.1 Å². The van der Waals surface area contributed by atoms with E-state index in [4.69, 9.17) is 0 Å². The standard InChI is InChI=1S/C22H30O2/c1-8-9-18(21-12(2)10-19(23)14(4)16(21)6)22-13(3)11-20(24)15(5)17(22)7/h10-11,18,23-24H,8-9H2,1-7H3. The highest BCUT2D eigenvalue weighted by atomic mass is 16.3. The molecule has 130 valence electrons. The van der Waals surface area contributed by atoms with Crippen molar-refractivity contribution in [2.45, 2.75) is 67.2 Å². The first-order valence-corrected chi connectivity index (χ1v) is 8.79. The Bertz CT molecular complexity index is 709. The zero-order valence-corrected chi connectivity index (χ0v) is 16.0. The highest BCUT2D eigenvalue weighted by Gasteiger charge is 2.24. The molecule has 0 aliphatic heterocycles. The third-order valence-electron chi connectivity index (χ3n) is 5.53. The maximum atomic E-state index is 10.1. The van der Waals surface area contributed by atoms with Gasteiger partial charge in [0.15, 0.2) is 0 Å². The molecular weight excluding hydrogens is 296 g/mol. The smallest absolute Gasteiger partial charge is 0.119 e. The topological polar surface area (TPSA) is 40.5 Å². The van der Waals surface area contributed by atoms with Gasteiger partial charge in [-0.05, 0) is 105 Å². The SMILES string of the molecule is CCCC(c1c(C)cc(O)c(C)c1C)c1c(C)cc(O)c(C)c1C. The van der Waals surface area contributed by atoms with Crippen molar-refractivity contribution in [3.05, 3.63) is 56.6 Å². The van der Waals surface area contributed by atoms with Crippen LogP contribution in [0, 0.1) is 41.5 Å². The van der Waals surface area contributed by atoms with Crippen molar-refractivity contribution in [3.8, 4) is 11.5 Å². The van der Waals surface area contributed by atoms with E-state index in [0.717, 1.165) is 35.1 Å². The van der Waals surface area contributed by atoms with Crippen LogP contribution in [0.4, 0.5) is 0 Å². The summed E-state index contributed by atoms with van der Waals surface area (Å²) in [6.45, 7) is 14.6. The van der Waals surface area contributed by atoms with Gasteiger partial charge in [-0.2, -0.15) is 0 Å². The lowest BCUT2D eigenvalue weighted by molar-refractivity contribution is 0.469. The van der Waals surface area contributed by atoms with Crippen LogP contribution in [-0.4, -0.2) is 10.2 Å². The Morgan fingerprint density at radius 2 is 1.08 bits per heavy atom. The maximum Gasteiger partial charge on any atom is 0.119 e. The Labute approximate surface area is 146 Å². The first-order valence-electron chi connectivity index (χ1n) is 8.79. The van der Waals surface area contributed by atoms with E-state index >= 15 is 0 Å². The molecule has 0 spiro atoms. The van der Waals surface area contributed by atoms with Gasteiger partial charge in [0.05, 0.1) is 0 Å². The van der Waals surface area contributed by atoms with Gasteiger partial charge in [-0.1, -0.05) is 13.3 Å². The second kappa shape index (κ2) is 6.88. The molecule has 0 bridgehead atoms. The van der Waals surface area contributed by atoms with Gasteiger partial charge in [0.25, 0.3) is 0 Å². The molecule has 2 aromatic rings. The fourth-order valence-corrected chi connectivity index (χ4v) is 3.96. The number of hydrogen-bond donors (Lipinski definition) is 2. The summed E-state index contributed by atoms with van der Waals surface area (Å²) in [5, 5.41) is 20.3. The second-order valence-electron chi connectivity index (χ2n) is 7.09. The molecule has 24 heavy (non-hydrogen) atoms. The minimum Gasteiger partial charge on any atom is -0.508 e. The number of phenols is 2. The molecular formula is C22H30O2. The second-order valence-corrected chi connectivity index (χ2v) is 7.09.